The van der Waals surface area contributed by atoms with Crippen molar-refractivity contribution < 1.29 is 4.74 Å². The van der Waals surface area contributed by atoms with Gasteiger partial charge in [0.15, 0.2) is 0 Å². The third-order valence-corrected chi connectivity index (χ3v) is 4.59. The fraction of sp³-hybridized carbons (Fsp3) is 0.667. The first-order valence-corrected chi connectivity index (χ1v) is 8.04. The molecule has 20 heavy (non-hydrogen) atoms. The summed E-state index contributed by atoms with van der Waals surface area (Å²) in [7, 11) is 1.76. The highest BCUT2D eigenvalue weighted by atomic mass is 16.5. The van der Waals surface area contributed by atoms with Gasteiger partial charge in [0.25, 0.3) is 0 Å². The van der Waals surface area contributed by atoms with E-state index in [9.17, 15) is 0 Å². The third kappa shape index (κ3) is 3.76. The summed E-state index contributed by atoms with van der Waals surface area (Å²) in [4.78, 5) is 0. The van der Waals surface area contributed by atoms with Crippen molar-refractivity contribution in [1.29, 1.82) is 0 Å². The van der Waals surface area contributed by atoms with Gasteiger partial charge in [0, 0.05) is 18.0 Å². The number of hydrogen-bond acceptors (Lipinski definition) is 2. The molecular formula is C18H29NO. The maximum absolute atomic E-state index is 5.43. The van der Waals surface area contributed by atoms with Crippen molar-refractivity contribution in [3.63, 3.8) is 0 Å². The van der Waals surface area contributed by atoms with Gasteiger partial charge in [0.1, 0.15) is 5.75 Å². The van der Waals surface area contributed by atoms with E-state index in [4.69, 9.17) is 4.74 Å². The van der Waals surface area contributed by atoms with Crippen LogP contribution in [0.4, 0.5) is 0 Å². The predicted octanol–water partition coefficient (Wildman–Crippen LogP) is 4.29. The lowest BCUT2D eigenvalue weighted by atomic mass is 9.74. The lowest BCUT2D eigenvalue weighted by Crippen LogP contribution is -2.40. The van der Waals surface area contributed by atoms with Gasteiger partial charge in [-0.15, -0.1) is 0 Å². The molecule has 1 aromatic rings. The van der Waals surface area contributed by atoms with Crippen LogP contribution < -0.4 is 10.1 Å². The molecule has 0 heterocycles. The minimum absolute atomic E-state index is 0.287. The lowest BCUT2D eigenvalue weighted by Gasteiger charge is -2.35. The first-order valence-electron chi connectivity index (χ1n) is 8.04. The molecule has 1 N–H and O–H groups in total. The molecule has 2 rings (SSSR count). The summed E-state index contributed by atoms with van der Waals surface area (Å²) >= 11 is 0. The minimum Gasteiger partial charge on any atom is -0.497 e. The van der Waals surface area contributed by atoms with E-state index in [0.29, 0.717) is 6.04 Å². The van der Waals surface area contributed by atoms with Crippen LogP contribution in [-0.4, -0.2) is 19.7 Å². The van der Waals surface area contributed by atoms with Crippen LogP contribution in [0.1, 0.15) is 57.9 Å². The molecule has 0 atom stereocenters. The maximum Gasteiger partial charge on any atom is 0.119 e. The Bertz CT molecular complexity index is 406. The van der Waals surface area contributed by atoms with E-state index >= 15 is 0 Å². The fourth-order valence-electron chi connectivity index (χ4n) is 3.33. The van der Waals surface area contributed by atoms with Crippen molar-refractivity contribution in [1.82, 2.24) is 5.32 Å². The molecule has 0 unspecified atom stereocenters. The largest absolute Gasteiger partial charge is 0.497 e. The molecule has 0 amide bonds. The average molecular weight is 275 g/mol. The van der Waals surface area contributed by atoms with E-state index in [-0.39, 0.29) is 5.41 Å². The molecule has 1 aromatic carbocycles. The minimum atomic E-state index is 0.287. The lowest BCUT2D eigenvalue weighted by molar-refractivity contribution is 0.333. The SMILES string of the molecule is COc1cccc(C2(CNC(C)C)CCCCCC2)c1. The molecule has 1 fully saturated rings. The van der Waals surface area contributed by atoms with Crippen molar-refractivity contribution in [3.8, 4) is 5.75 Å². The van der Waals surface area contributed by atoms with Gasteiger partial charge in [-0.05, 0) is 30.5 Å². The second-order valence-electron chi connectivity index (χ2n) is 6.46. The van der Waals surface area contributed by atoms with Crippen LogP contribution in [0.15, 0.2) is 24.3 Å². The standard InChI is InChI=1S/C18H29NO/c1-15(2)19-14-18(11-6-4-5-7-12-18)16-9-8-10-17(13-16)20-3/h8-10,13,15,19H,4-7,11-12,14H2,1-3H3. The molecular weight excluding hydrogens is 246 g/mol. The summed E-state index contributed by atoms with van der Waals surface area (Å²) in [5, 5.41) is 3.68. The van der Waals surface area contributed by atoms with Gasteiger partial charge in [-0.1, -0.05) is 51.7 Å². The zero-order chi connectivity index (χ0) is 14.4. The van der Waals surface area contributed by atoms with E-state index in [1.807, 2.05) is 6.07 Å². The summed E-state index contributed by atoms with van der Waals surface area (Å²) < 4.78 is 5.43. The maximum atomic E-state index is 5.43. The highest BCUT2D eigenvalue weighted by Gasteiger charge is 2.33. The van der Waals surface area contributed by atoms with E-state index in [0.717, 1.165) is 12.3 Å². The Labute approximate surface area is 123 Å². The zero-order valence-corrected chi connectivity index (χ0v) is 13.2. The van der Waals surface area contributed by atoms with Crippen molar-refractivity contribution in [2.75, 3.05) is 13.7 Å². The molecule has 0 aromatic heterocycles. The molecule has 1 aliphatic carbocycles. The quantitative estimate of drug-likeness (QED) is 0.810. The topological polar surface area (TPSA) is 21.3 Å². The van der Waals surface area contributed by atoms with Gasteiger partial charge >= 0.3 is 0 Å². The summed E-state index contributed by atoms with van der Waals surface area (Å²) in [5.74, 6) is 0.982. The molecule has 0 radical (unpaired) electrons. The van der Waals surface area contributed by atoms with E-state index in [2.05, 4.69) is 37.4 Å². The number of hydrogen-bond donors (Lipinski definition) is 1. The second kappa shape index (κ2) is 7.12. The average Bonchev–Trinajstić information content (AvgIpc) is 2.72. The van der Waals surface area contributed by atoms with Gasteiger partial charge < -0.3 is 10.1 Å². The summed E-state index contributed by atoms with van der Waals surface area (Å²) in [6.45, 7) is 5.55. The predicted molar refractivity (Wildman–Crippen MR) is 85.5 cm³/mol. The van der Waals surface area contributed by atoms with Crippen molar-refractivity contribution >= 4 is 0 Å². The van der Waals surface area contributed by atoms with E-state index < -0.39 is 0 Å². The Balaban J connectivity index is 2.27. The van der Waals surface area contributed by atoms with Crippen LogP contribution >= 0.6 is 0 Å². The number of nitrogens with one attached hydrogen (secondary N) is 1. The molecule has 0 aliphatic heterocycles. The van der Waals surface area contributed by atoms with Gasteiger partial charge in [-0.3, -0.25) is 0 Å². The molecule has 1 aliphatic rings. The van der Waals surface area contributed by atoms with Gasteiger partial charge in [-0.25, -0.2) is 0 Å². The Morgan fingerprint density at radius 1 is 1.15 bits per heavy atom. The van der Waals surface area contributed by atoms with Crippen LogP contribution in [0.3, 0.4) is 0 Å². The van der Waals surface area contributed by atoms with Crippen LogP contribution in [-0.2, 0) is 5.41 Å². The molecule has 0 saturated heterocycles. The first kappa shape index (κ1) is 15.4. The summed E-state index contributed by atoms with van der Waals surface area (Å²) in [6, 6.07) is 9.25. The third-order valence-electron chi connectivity index (χ3n) is 4.59. The van der Waals surface area contributed by atoms with Crippen molar-refractivity contribution in [2.24, 2.45) is 0 Å². The Morgan fingerprint density at radius 2 is 1.85 bits per heavy atom. The zero-order valence-electron chi connectivity index (χ0n) is 13.2. The van der Waals surface area contributed by atoms with E-state index in [1.54, 1.807) is 7.11 Å². The molecule has 0 bridgehead atoms. The molecule has 1 saturated carbocycles. The van der Waals surface area contributed by atoms with Crippen LogP contribution in [0.2, 0.25) is 0 Å². The molecule has 2 heteroatoms. The Kier molecular flexibility index (Phi) is 5.47. The van der Waals surface area contributed by atoms with Crippen molar-refractivity contribution in [2.45, 2.75) is 63.8 Å². The Hall–Kier alpha value is -1.02. The van der Waals surface area contributed by atoms with Crippen molar-refractivity contribution in [3.05, 3.63) is 29.8 Å². The second-order valence-corrected chi connectivity index (χ2v) is 6.46. The summed E-state index contributed by atoms with van der Waals surface area (Å²) in [5.41, 5.74) is 1.74. The smallest absolute Gasteiger partial charge is 0.119 e. The number of benzene rings is 1. The molecule has 2 nitrogen and oxygen atoms in total. The highest BCUT2D eigenvalue weighted by molar-refractivity contribution is 5.34. The normalized spacial score (nSPS) is 18.8. The first-order chi connectivity index (χ1) is 9.66. The summed E-state index contributed by atoms with van der Waals surface area (Å²) in [6.07, 6.45) is 8.04. The monoisotopic (exact) mass is 275 g/mol. The van der Waals surface area contributed by atoms with Crippen LogP contribution in [0.5, 0.6) is 5.75 Å². The Morgan fingerprint density at radius 3 is 2.45 bits per heavy atom. The molecule has 112 valence electrons. The number of ether oxygens (including phenoxy) is 1. The van der Waals surface area contributed by atoms with Crippen LogP contribution in [0.25, 0.3) is 0 Å². The van der Waals surface area contributed by atoms with Gasteiger partial charge in [-0.2, -0.15) is 0 Å². The fourth-order valence-corrected chi connectivity index (χ4v) is 3.33. The van der Waals surface area contributed by atoms with Gasteiger partial charge in [0.05, 0.1) is 7.11 Å². The van der Waals surface area contributed by atoms with Gasteiger partial charge in [0.2, 0.25) is 0 Å². The number of methoxy groups -OCH3 is 1. The highest BCUT2D eigenvalue weighted by Crippen LogP contribution is 2.39. The van der Waals surface area contributed by atoms with Crippen LogP contribution in [0, 0.1) is 0 Å². The molecule has 0 spiro atoms. The number of rotatable bonds is 5. The van der Waals surface area contributed by atoms with E-state index in [1.165, 1.54) is 44.1 Å².